The lowest BCUT2D eigenvalue weighted by atomic mass is 10.0. The van der Waals surface area contributed by atoms with Gasteiger partial charge < -0.3 is 14.6 Å². The van der Waals surface area contributed by atoms with Gasteiger partial charge in [0, 0.05) is 4.79 Å². The van der Waals surface area contributed by atoms with E-state index in [0.29, 0.717) is 5.75 Å². The van der Waals surface area contributed by atoms with Crippen molar-refractivity contribution in [3.63, 3.8) is 0 Å². The zero-order chi connectivity index (χ0) is 15.9. The van der Waals surface area contributed by atoms with Crippen molar-refractivity contribution in [2.24, 2.45) is 0 Å². The average molecular weight is 301 g/mol. The summed E-state index contributed by atoms with van der Waals surface area (Å²) in [5, 5.41) is 6.82. The predicted octanol–water partition coefficient (Wildman–Crippen LogP) is 3.08. The van der Waals surface area contributed by atoms with Crippen LogP contribution in [0.1, 0.15) is 18.9 Å². The van der Waals surface area contributed by atoms with E-state index in [9.17, 15) is 4.79 Å². The van der Waals surface area contributed by atoms with Crippen LogP contribution in [-0.4, -0.2) is 24.3 Å². The Bertz CT molecular complexity index is 632. The minimum Gasteiger partial charge on any atom is -0.562 e. The molecule has 0 heterocycles. The summed E-state index contributed by atoms with van der Waals surface area (Å²) in [5.41, 5.74) is 3.27. The van der Waals surface area contributed by atoms with Crippen LogP contribution in [0.3, 0.4) is 0 Å². The molecule has 0 radical (unpaired) electrons. The Morgan fingerprint density at radius 1 is 1.05 bits per heavy atom. The summed E-state index contributed by atoms with van der Waals surface area (Å²) in [4.78, 5) is 10.6. The van der Waals surface area contributed by atoms with Crippen LogP contribution in [0, 0.1) is 6.92 Å². The number of benzene rings is 2. The largest absolute Gasteiger partial charge is 0.562 e. The monoisotopic (exact) mass is 301 g/mol. The molecule has 0 unspecified atom stereocenters. The maximum Gasteiger partial charge on any atom is 0.553 e. The molecule has 0 aromatic heterocycles. The molecular weight excluding hydrogens is 280 g/mol. The van der Waals surface area contributed by atoms with E-state index < -0.39 is 5.97 Å². The number of carbonyl (C=O) groups is 1. The van der Waals surface area contributed by atoms with Crippen LogP contribution < -0.4 is 9.47 Å². The minimum atomic E-state index is -0.734. The Kier molecular flexibility index (Phi) is 5.42. The van der Waals surface area contributed by atoms with E-state index in [1.165, 1.54) is 0 Å². The van der Waals surface area contributed by atoms with Crippen molar-refractivity contribution in [1.29, 1.82) is 0 Å². The Hall–Kier alpha value is -2.49. The highest BCUT2D eigenvalue weighted by atomic mass is 16.5. The van der Waals surface area contributed by atoms with Crippen LogP contribution in [0.15, 0.2) is 42.5 Å². The molecule has 2 aromatic rings. The molecule has 0 aliphatic heterocycles. The molecule has 0 saturated heterocycles. The van der Waals surface area contributed by atoms with Gasteiger partial charge in [-0.3, -0.25) is 0 Å². The van der Waals surface area contributed by atoms with Crippen molar-refractivity contribution < 1.29 is 19.4 Å². The van der Waals surface area contributed by atoms with Crippen molar-refractivity contribution in [1.82, 2.24) is 0 Å². The third-order valence-electron chi connectivity index (χ3n) is 3.19. The third kappa shape index (κ3) is 4.25. The summed E-state index contributed by atoms with van der Waals surface area (Å²) in [7, 11) is 0. The Labute approximate surface area is 130 Å². The Morgan fingerprint density at radius 3 is 2.32 bits per heavy atom. The number of rotatable bonds is 7. The lowest BCUT2D eigenvalue weighted by Gasteiger charge is -2.10. The summed E-state index contributed by atoms with van der Waals surface area (Å²) in [6, 6.07) is 13.6. The summed E-state index contributed by atoms with van der Waals surface area (Å²) in [6.07, 6.45) is 0.990. The highest BCUT2D eigenvalue weighted by molar-refractivity contribution is 5.69. The Morgan fingerprint density at radius 2 is 1.73 bits per heavy atom. The summed E-state index contributed by atoms with van der Waals surface area (Å²) in [5.74, 6) is 0.769. The molecular formula is C18H21O4+. The van der Waals surface area contributed by atoms with E-state index in [0.717, 1.165) is 35.5 Å². The van der Waals surface area contributed by atoms with E-state index in [1.807, 2.05) is 31.2 Å². The van der Waals surface area contributed by atoms with Gasteiger partial charge in [-0.1, -0.05) is 25.1 Å². The summed E-state index contributed by atoms with van der Waals surface area (Å²) < 4.78 is 10.9. The number of hydrogen-bond acceptors (Lipinski definition) is 3. The molecule has 0 saturated carbocycles. The van der Waals surface area contributed by atoms with E-state index in [4.69, 9.17) is 14.6 Å². The SMILES string of the molecule is CCCOc1ccc(-c2ccc(OCC(=O)[OH2+])cc2)cc1C. The predicted molar refractivity (Wildman–Crippen MR) is 86.5 cm³/mol. The first-order valence-electron chi connectivity index (χ1n) is 7.31. The van der Waals surface area contributed by atoms with Crippen LogP contribution in [0.4, 0.5) is 0 Å². The minimum absolute atomic E-state index is 0.220. The van der Waals surface area contributed by atoms with Crippen molar-refractivity contribution >= 4 is 5.97 Å². The highest BCUT2D eigenvalue weighted by Crippen LogP contribution is 2.27. The van der Waals surface area contributed by atoms with Gasteiger partial charge in [-0.15, -0.1) is 0 Å². The third-order valence-corrected chi connectivity index (χ3v) is 3.19. The second-order valence-electron chi connectivity index (χ2n) is 5.06. The molecule has 2 aromatic carbocycles. The van der Waals surface area contributed by atoms with Gasteiger partial charge in [0.2, 0.25) is 6.61 Å². The molecule has 0 aliphatic carbocycles. The number of aryl methyl sites for hydroxylation is 1. The lowest BCUT2D eigenvalue weighted by molar-refractivity contribution is -0.139. The van der Waals surface area contributed by atoms with Gasteiger partial charge in [-0.2, -0.15) is 0 Å². The second kappa shape index (κ2) is 7.50. The van der Waals surface area contributed by atoms with Crippen LogP contribution >= 0.6 is 0 Å². The first kappa shape index (κ1) is 15.9. The lowest BCUT2D eigenvalue weighted by Crippen LogP contribution is -2.09. The zero-order valence-electron chi connectivity index (χ0n) is 12.9. The first-order valence-corrected chi connectivity index (χ1v) is 7.31. The van der Waals surface area contributed by atoms with Gasteiger partial charge >= 0.3 is 5.97 Å². The van der Waals surface area contributed by atoms with E-state index in [2.05, 4.69) is 13.0 Å². The van der Waals surface area contributed by atoms with Crippen molar-refractivity contribution in [2.45, 2.75) is 20.3 Å². The molecule has 0 fully saturated rings. The Balaban J connectivity index is 2.11. The smallest absolute Gasteiger partial charge is 0.553 e. The molecule has 2 N–H and O–H groups in total. The van der Waals surface area contributed by atoms with E-state index in [-0.39, 0.29) is 6.61 Å². The van der Waals surface area contributed by atoms with Gasteiger partial charge in [0.05, 0.1) is 6.61 Å². The maximum atomic E-state index is 10.6. The van der Waals surface area contributed by atoms with Crippen LogP contribution in [0.2, 0.25) is 0 Å². The molecule has 4 heteroatoms. The highest BCUT2D eigenvalue weighted by Gasteiger charge is 2.07. The molecule has 22 heavy (non-hydrogen) atoms. The number of ether oxygens (including phenoxy) is 2. The van der Waals surface area contributed by atoms with Crippen LogP contribution in [0.5, 0.6) is 11.5 Å². The fourth-order valence-corrected chi connectivity index (χ4v) is 2.10. The fourth-order valence-electron chi connectivity index (χ4n) is 2.10. The molecule has 116 valence electrons. The van der Waals surface area contributed by atoms with Crippen molar-refractivity contribution in [3.05, 3.63) is 48.0 Å². The first-order chi connectivity index (χ1) is 10.6. The standard InChI is InChI=1S/C18H20O4/c1-3-10-21-17-9-6-15(11-13(17)2)14-4-7-16(8-5-14)22-12-18(19)20/h4-9,11H,3,10,12H2,1-2H3,(H,19,20)/p+1. The van der Waals surface area contributed by atoms with Gasteiger partial charge in [0.25, 0.3) is 0 Å². The molecule has 4 nitrogen and oxygen atoms in total. The van der Waals surface area contributed by atoms with Crippen LogP contribution in [0.25, 0.3) is 11.1 Å². The molecule has 0 spiro atoms. The molecule has 2 rings (SSSR count). The number of hydrogen-bond donors (Lipinski definition) is 0. The second-order valence-corrected chi connectivity index (χ2v) is 5.06. The maximum absolute atomic E-state index is 10.6. The summed E-state index contributed by atoms with van der Waals surface area (Å²) >= 11 is 0. The van der Waals surface area contributed by atoms with Crippen molar-refractivity contribution in [2.75, 3.05) is 13.2 Å². The van der Waals surface area contributed by atoms with Gasteiger partial charge in [0.1, 0.15) is 11.5 Å². The topological polar surface area (TPSA) is 58.4 Å². The summed E-state index contributed by atoms with van der Waals surface area (Å²) in [6.45, 7) is 4.62. The van der Waals surface area contributed by atoms with Crippen LogP contribution in [-0.2, 0) is 4.79 Å². The van der Waals surface area contributed by atoms with Gasteiger partial charge in [-0.25, -0.2) is 0 Å². The zero-order valence-corrected chi connectivity index (χ0v) is 12.9. The van der Waals surface area contributed by atoms with E-state index >= 15 is 0 Å². The normalized spacial score (nSPS) is 10.3. The quantitative estimate of drug-likeness (QED) is 0.738. The average Bonchev–Trinajstić information content (AvgIpc) is 2.52. The number of carbonyl (C=O) groups excluding carboxylic acids is 1. The van der Waals surface area contributed by atoms with E-state index in [1.54, 1.807) is 12.1 Å². The fraction of sp³-hybridized carbons (Fsp3) is 0.278. The molecule has 0 aliphatic rings. The van der Waals surface area contributed by atoms with Gasteiger partial charge in [-0.05, 0) is 54.3 Å². The van der Waals surface area contributed by atoms with Crippen molar-refractivity contribution in [3.8, 4) is 22.6 Å². The molecule has 0 amide bonds. The molecule has 0 atom stereocenters. The van der Waals surface area contributed by atoms with Gasteiger partial charge in [0.15, 0.2) is 0 Å². The molecule has 0 bridgehead atoms.